The Balaban J connectivity index is 1.43. The van der Waals surface area contributed by atoms with E-state index >= 15 is 0 Å². The largest absolute Gasteiger partial charge is 0.497 e. The van der Waals surface area contributed by atoms with Crippen LogP contribution in [-0.4, -0.2) is 38.7 Å². The number of hydrogen-bond donors (Lipinski definition) is 0. The number of aromatic nitrogens is 4. The van der Waals surface area contributed by atoms with Gasteiger partial charge in [0, 0.05) is 24.0 Å². The molecule has 2 aromatic heterocycles. The predicted octanol–water partition coefficient (Wildman–Crippen LogP) is 2.77. The average molecular weight is 339 g/mol. The number of ether oxygens (including phenoxy) is 1. The summed E-state index contributed by atoms with van der Waals surface area (Å²) < 4.78 is 12.6. The summed E-state index contributed by atoms with van der Waals surface area (Å²) in [5.74, 6) is 3.79. The highest BCUT2D eigenvalue weighted by atomic mass is 16.5. The van der Waals surface area contributed by atoms with Gasteiger partial charge in [0.1, 0.15) is 11.6 Å². The van der Waals surface area contributed by atoms with Crippen molar-refractivity contribution in [2.45, 2.75) is 31.8 Å². The highest BCUT2D eigenvalue weighted by Gasteiger charge is 2.29. The summed E-state index contributed by atoms with van der Waals surface area (Å²) in [5, 5.41) is 4.08. The standard InChI is InChI=1S/C18H21N5O2/c1-22(11-16-20-18(25-21-16)13-3-4-13)12-17-19-9-10-23(17)14-5-7-15(24-2)8-6-14/h5-10,13H,3-4,11-12H2,1-2H3. The first kappa shape index (κ1) is 15.8. The van der Waals surface area contributed by atoms with Crippen molar-refractivity contribution in [3.8, 4) is 11.4 Å². The van der Waals surface area contributed by atoms with Crippen molar-refractivity contribution in [3.05, 3.63) is 54.2 Å². The molecule has 1 aromatic carbocycles. The molecule has 25 heavy (non-hydrogen) atoms. The normalized spacial score (nSPS) is 14.2. The van der Waals surface area contributed by atoms with Crippen molar-refractivity contribution in [3.63, 3.8) is 0 Å². The Morgan fingerprint density at radius 2 is 2.04 bits per heavy atom. The summed E-state index contributed by atoms with van der Waals surface area (Å²) in [6.07, 6.45) is 6.10. The smallest absolute Gasteiger partial charge is 0.229 e. The Bertz CT molecular complexity index is 835. The molecule has 0 atom stereocenters. The van der Waals surface area contributed by atoms with E-state index in [-0.39, 0.29) is 0 Å². The molecule has 7 nitrogen and oxygen atoms in total. The molecule has 0 saturated heterocycles. The van der Waals surface area contributed by atoms with Crippen LogP contribution < -0.4 is 4.74 Å². The van der Waals surface area contributed by atoms with Gasteiger partial charge >= 0.3 is 0 Å². The number of hydrogen-bond acceptors (Lipinski definition) is 6. The van der Waals surface area contributed by atoms with Gasteiger partial charge in [-0.1, -0.05) is 5.16 Å². The lowest BCUT2D eigenvalue weighted by Gasteiger charge is -2.15. The number of nitrogens with zero attached hydrogens (tertiary/aromatic N) is 5. The van der Waals surface area contributed by atoms with Crippen LogP contribution in [0.1, 0.15) is 36.3 Å². The lowest BCUT2D eigenvalue weighted by molar-refractivity contribution is 0.291. The van der Waals surface area contributed by atoms with Gasteiger partial charge in [0.25, 0.3) is 0 Å². The summed E-state index contributed by atoms with van der Waals surface area (Å²) in [6, 6.07) is 7.93. The molecule has 0 unspecified atom stereocenters. The van der Waals surface area contributed by atoms with Crippen molar-refractivity contribution in [2.75, 3.05) is 14.2 Å². The first-order valence-electron chi connectivity index (χ1n) is 8.40. The monoisotopic (exact) mass is 339 g/mol. The Morgan fingerprint density at radius 3 is 2.76 bits per heavy atom. The van der Waals surface area contributed by atoms with Crippen molar-refractivity contribution >= 4 is 0 Å². The van der Waals surface area contributed by atoms with Gasteiger partial charge in [-0.2, -0.15) is 4.98 Å². The van der Waals surface area contributed by atoms with Gasteiger partial charge in [-0.15, -0.1) is 0 Å². The number of methoxy groups -OCH3 is 1. The van der Waals surface area contributed by atoms with Crippen LogP contribution in [0.2, 0.25) is 0 Å². The van der Waals surface area contributed by atoms with Crippen LogP contribution in [0.5, 0.6) is 5.75 Å². The van der Waals surface area contributed by atoms with Gasteiger partial charge in [0.15, 0.2) is 5.82 Å². The molecule has 0 spiro atoms. The minimum Gasteiger partial charge on any atom is -0.497 e. The van der Waals surface area contributed by atoms with E-state index in [4.69, 9.17) is 9.26 Å². The summed E-state index contributed by atoms with van der Waals surface area (Å²) in [4.78, 5) is 11.1. The minimum absolute atomic E-state index is 0.487. The minimum atomic E-state index is 0.487. The van der Waals surface area contributed by atoms with E-state index in [9.17, 15) is 0 Å². The van der Waals surface area contributed by atoms with Gasteiger partial charge < -0.3 is 13.8 Å². The van der Waals surface area contributed by atoms with E-state index in [0.717, 1.165) is 41.8 Å². The second kappa shape index (κ2) is 6.68. The molecule has 1 aliphatic rings. The molecule has 0 bridgehead atoms. The van der Waals surface area contributed by atoms with Crippen LogP contribution in [0.4, 0.5) is 0 Å². The Hall–Kier alpha value is -2.67. The quantitative estimate of drug-likeness (QED) is 0.659. The van der Waals surface area contributed by atoms with E-state index in [1.165, 1.54) is 0 Å². The molecule has 130 valence electrons. The molecule has 1 saturated carbocycles. The van der Waals surface area contributed by atoms with E-state index in [1.54, 1.807) is 7.11 Å². The zero-order valence-corrected chi connectivity index (χ0v) is 14.4. The van der Waals surface area contributed by atoms with E-state index in [2.05, 4.69) is 24.6 Å². The third kappa shape index (κ3) is 3.56. The zero-order valence-electron chi connectivity index (χ0n) is 14.4. The number of benzene rings is 1. The molecule has 7 heteroatoms. The highest BCUT2D eigenvalue weighted by Crippen LogP contribution is 2.38. The van der Waals surface area contributed by atoms with E-state index < -0.39 is 0 Å². The van der Waals surface area contributed by atoms with Crippen LogP contribution in [0.25, 0.3) is 5.69 Å². The molecule has 0 aliphatic heterocycles. The highest BCUT2D eigenvalue weighted by molar-refractivity contribution is 5.38. The van der Waals surface area contributed by atoms with Crippen molar-refractivity contribution in [1.29, 1.82) is 0 Å². The van der Waals surface area contributed by atoms with Crippen LogP contribution in [-0.2, 0) is 13.1 Å². The summed E-state index contributed by atoms with van der Waals surface area (Å²) in [6.45, 7) is 1.32. The van der Waals surface area contributed by atoms with Crippen LogP contribution in [0.15, 0.2) is 41.2 Å². The van der Waals surface area contributed by atoms with E-state index in [0.29, 0.717) is 19.0 Å². The van der Waals surface area contributed by atoms with Gasteiger partial charge in [-0.25, -0.2) is 4.98 Å². The fraction of sp³-hybridized carbons (Fsp3) is 0.389. The first-order chi connectivity index (χ1) is 12.2. The fourth-order valence-corrected chi connectivity index (χ4v) is 2.80. The third-order valence-electron chi connectivity index (χ3n) is 4.30. The molecule has 0 amide bonds. The van der Waals surface area contributed by atoms with E-state index in [1.807, 2.05) is 43.7 Å². The Kier molecular flexibility index (Phi) is 4.23. The molecule has 3 aromatic rings. The number of rotatable bonds is 7. The maximum absolute atomic E-state index is 5.32. The van der Waals surface area contributed by atoms with Crippen LogP contribution in [0, 0.1) is 0 Å². The maximum Gasteiger partial charge on any atom is 0.229 e. The number of imidazole rings is 1. The van der Waals surface area contributed by atoms with Gasteiger partial charge in [-0.05, 0) is 44.2 Å². The molecule has 0 radical (unpaired) electrons. The second-order valence-corrected chi connectivity index (χ2v) is 6.41. The molecule has 4 rings (SSSR count). The second-order valence-electron chi connectivity index (χ2n) is 6.41. The van der Waals surface area contributed by atoms with Crippen molar-refractivity contribution in [1.82, 2.24) is 24.6 Å². The molecule has 1 fully saturated rings. The van der Waals surface area contributed by atoms with Crippen LogP contribution in [0.3, 0.4) is 0 Å². The maximum atomic E-state index is 5.32. The third-order valence-corrected chi connectivity index (χ3v) is 4.30. The van der Waals surface area contributed by atoms with Gasteiger partial charge in [0.05, 0.1) is 20.2 Å². The zero-order chi connectivity index (χ0) is 17.2. The Morgan fingerprint density at radius 1 is 1.24 bits per heavy atom. The van der Waals surface area contributed by atoms with Gasteiger partial charge in [-0.3, -0.25) is 4.90 Å². The SMILES string of the molecule is COc1ccc(-n2ccnc2CN(C)Cc2noc(C3CC3)n2)cc1. The molecule has 1 aliphatic carbocycles. The summed E-state index contributed by atoms with van der Waals surface area (Å²) in [5.41, 5.74) is 1.05. The molecular formula is C18H21N5O2. The lowest BCUT2D eigenvalue weighted by atomic mass is 10.3. The van der Waals surface area contributed by atoms with Crippen LogP contribution >= 0.6 is 0 Å². The predicted molar refractivity (Wildman–Crippen MR) is 91.6 cm³/mol. The van der Waals surface area contributed by atoms with Gasteiger partial charge in [0.2, 0.25) is 5.89 Å². The van der Waals surface area contributed by atoms with Crippen molar-refractivity contribution in [2.24, 2.45) is 0 Å². The molecule has 2 heterocycles. The fourth-order valence-electron chi connectivity index (χ4n) is 2.80. The summed E-state index contributed by atoms with van der Waals surface area (Å²) in [7, 11) is 3.69. The molecular weight excluding hydrogens is 318 g/mol. The van der Waals surface area contributed by atoms with Crippen molar-refractivity contribution < 1.29 is 9.26 Å². The summed E-state index contributed by atoms with van der Waals surface area (Å²) >= 11 is 0. The molecule has 0 N–H and O–H groups in total. The average Bonchev–Trinajstić information content (AvgIpc) is 3.21. The topological polar surface area (TPSA) is 69.2 Å². The lowest BCUT2D eigenvalue weighted by Crippen LogP contribution is -2.20. The first-order valence-corrected chi connectivity index (χ1v) is 8.40. The Labute approximate surface area is 146 Å².